The van der Waals surface area contributed by atoms with E-state index in [1.807, 2.05) is 48.6 Å². The number of fused-ring (bicyclic) bond motifs is 8. The first-order valence-corrected chi connectivity index (χ1v) is 18.5. The molecule has 299 valence electrons. The zero-order valence-electron chi connectivity index (χ0n) is 31.5. The van der Waals surface area contributed by atoms with Gasteiger partial charge < -0.3 is 30.4 Å². The maximum atomic E-state index is 11.8. The SMILES string of the molecule is O=C(O)c1ccc(-c2c3nc(c(-c4ccc(C(=O)O)cc4)c4ccc([nH]4)c(-c4ccc(C(=O)O)cc4)c4nc(c(-c5ccc(C(=O)O)cc5)c5ccc2[nH]5)C=C4)C=C3)cc1.[Co]. The van der Waals surface area contributed by atoms with Gasteiger partial charge in [0, 0.05) is 61.1 Å². The van der Waals surface area contributed by atoms with Gasteiger partial charge in [-0.1, -0.05) is 48.5 Å². The number of H-pyrrole nitrogens is 2. The Morgan fingerprint density at radius 1 is 0.328 bits per heavy atom. The summed E-state index contributed by atoms with van der Waals surface area (Å²) in [6, 6.07) is 33.6. The predicted octanol–water partition coefficient (Wildman–Crippen LogP) is 10.1. The van der Waals surface area contributed by atoms with Crippen LogP contribution in [0.1, 0.15) is 64.2 Å². The molecule has 13 heteroatoms. The van der Waals surface area contributed by atoms with Crippen LogP contribution < -0.4 is 0 Å². The molecule has 0 aliphatic carbocycles. The van der Waals surface area contributed by atoms with Crippen molar-refractivity contribution in [2.75, 3.05) is 0 Å². The van der Waals surface area contributed by atoms with Gasteiger partial charge in [0.15, 0.2) is 0 Å². The Balaban J connectivity index is 0.00000514. The predicted molar refractivity (Wildman–Crippen MR) is 228 cm³/mol. The van der Waals surface area contributed by atoms with Crippen molar-refractivity contribution >= 4 is 70.2 Å². The number of hydrogen-bond acceptors (Lipinski definition) is 6. The third-order valence-corrected chi connectivity index (χ3v) is 10.4. The van der Waals surface area contributed by atoms with Gasteiger partial charge in [-0.05, 0) is 119 Å². The molecule has 61 heavy (non-hydrogen) atoms. The van der Waals surface area contributed by atoms with Crippen LogP contribution in [0.15, 0.2) is 121 Å². The van der Waals surface area contributed by atoms with Gasteiger partial charge in [0.1, 0.15) is 0 Å². The van der Waals surface area contributed by atoms with Crippen LogP contribution in [-0.2, 0) is 16.8 Å². The molecule has 0 saturated heterocycles. The maximum absolute atomic E-state index is 11.8. The van der Waals surface area contributed by atoms with E-state index in [9.17, 15) is 39.6 Å². The number of hydrogen-bond donors (Lipinski definition) is 6. The number of nitrogens with zero attached hydrogens (tertiary/aromatic N) is 2. The van der Waals surface area contributed by atoms with Gasteiger partial charge in [0.2, 0.25) is 0 Å². The Bertz CT molecular complexity index is 2760. The van der Waals surface area contributed by atoms with Gasteiger partial charge in [-0.3, -0.25) is 0 Å². The minimum absolute atomic E-state index is 0. The number of carboxylic acids is 4. The number of rotatable bonds is 8. The molecular formula is C48H30CoN4O8. The average molecular weight is 850 g/mol. The second kappa shape index (κ2) is 15.9. The Hall–Kier alpha value is -8.13. The summed E-state index contributed by atoms with van der Waals surface area (Å²) in [7, 11) is 0. The molecule has 0 spiro atoms. The molecule has 3 aromatic heterocycles. The van der Waals surface area contributed by atoms with Gasteiger partial charge in [-0.15, -0.1) is 0 Å². The fourth-order valence-corrected chi connectivity index (χ4v) is 7.54. The van der Waals surface area contributed by atoms with Gasteiger partial charge in [0.05, 0.1) is 45.0 Å². The molecule has 9 rings (SSSR count). The van der Waals surface area contributed by atoms with E-state index >= 15 is 0 Å². The second-order valence-corrected chi connectivity index (χ2v) is 14.0. The van der Waals surface area contributed by atoms with Crippen molar-refractivity contribution < 1.29 is 56.4 Å². The number of carbonyl (C=O) groups is 4. The van der Waals surface area contributed by atoms with E-state index in [4.69, 9.17) is 9.97 Å². The summed E-state index contributed by atoms with van der Waals surface area (Å²) in [5.41, 5.74) is 10.7. The molecule has 2 aliphatic rings. The molecular weight excluding hydrogens is 819 g/mol. The molecule has 1 radical (unpaired) electrons. The van der Waals surface area contributed by atoms with E-state index in [0.717, 1.165) is 0 Å². The maximum Gasteiger partial charge on any atom is 0.335 e. The van der Waals surface area contributed by atoms with Crippen molar-refractivity contribution in [1.82, 2.24) is 19.9 Å². The van der Waals surface area contributed by atoms with E-state index in [0.29, 0.717) is 89.4 Å². The topological polar surface area (TPSA) is 207 Å². The number of aromatic amines is 2. The molecule has 7 aromatic rings. The molecule has 0 fully saturated rings. The molecule has 12 nitrogen and oxygen atoms in total. The first-order valence-electron chi connectivity index (χ1n) is 18.5. The van der Waals surface area contributed by atoms with Gasteiger partial charge >= 0.3 is 23.9 Å². The Kier molecular flexibility index (Phi) is 10.3. The molecule has 0 atom stereocenters. The number of aromatic nitrogens is 4. The molecule has 0 amide bonds. The normalized spacial score (nSPS) is 11.5. The molecule has 0 unspecified atom stereocenters. The smallest absolute Gasteiger partial charge is 0.335 e. The second-order valence-electron chi connectivity index (χ2n) is 14.0. The van der Waals surface area contributed by atoms with Crippen LogP contribution in [0, 0.1) is 0 Å². The van der Waals surface area contributed by atoms with Crippen LogP contribution in [0.25, 0.3) is 90.9 Å². The third kappa shape index (κ3) is 7.42. The summed E-state index contributed by atoms with van der Waals surface area (Å²) in [6.07, 6.45) is 7.47. The van der Waals surface area contributed by atoms with Crippen molar-refractivity contribution in [1.29, 1.82) is 0 Å². The van der Waals surface area contributed by atoms with E-state index in [1.165, 1.54) is 48.5 Å². The molecule has 8 bridgehead atoms. The molecule has 4 aromatic carbocycles. The fourth-order valence-electron chi connectivity index (χ4n) is 7.54. The van der Waals surface area contributed by atoms with E-state index < -0.39 is 23.9 Å². The summed E-state index contributed by atoms with van der Waals surface area (Å²) in [4.78, 5) is 64.8. The van der Waals surface area contributed by atoms with E-state index in [1.54, 1.807) is 48.5 Å². The van der Waals surface area contributed by atoms with Crippen LogP contribution in [0.5, 0.6) is 0 Å². The standard InChI is InChI=1S/C48H30N4O8.Co/c53-45(54)29-9-1-25(2-10-29)41-33-17-19-35(49-33)42(26-3-11-30(12-4-26)46(55)56)37-21-23-39(51-37)44(28-7-15-32(16-8-28)48(59)60)40-24-22-38(52-40)43(36-20-18-34(41)50-36)27-5-13-31(14-6-27)47(57)58;/h1-24,49,52H,(H,53,54)(H,55,56)(H,57,58)(H,59,60);. The van der Waals surface area contributed by atoms with Gasteiger partial charge in [-0.2, -0.15) is 0 Å². The summed E-state index contributed by atoms with van der Waals surface area (Å²) in [6.45, 7) is 0. The summed E-state index contributed by atoms with van der Waals surface area (Å²) >= 11 is 0. The van der Waals surface area contributed by atoms with Gasteiger partial charge in [-0.25, -0.2) is 29.1 Å². The zero-order valence-corrected chi connectivity index (χ0v) is 32.5. The van der Waals surface area contributed by atoms with Gasteiger partial charge in [0.25, 0.3) is 0 Å². The van der Waals surface area contributed by atoms with Crippen molar-refractivity contribution in [3.63, 3.8) is 0 Å². The van der Waals surface area contributed by atoms with Crippen molar-refractivity contribution in [3.05, 3.63) is 166 Å². The van der Waals surface area contributed by atoms with Crippen LogP contribution in [0.4, 0.5) is 0 Å². The first-order chi connectivity index (χ1) is 29.0. The van der Waals surface area contributed by atoms with Crippen molar-refractivity contribution in [3.8, 4) is 44.5 Å². The number of benzene rings is 4. The zero-order chi connectivity index (χ0) is 41.7. The molecule has 0 saturated carbocycles. The molecule has 6 N–H and O–H groups in total. The molecule has 2 aliphatic heterocycles. The molecule has 5 heterocycles. The van der Waals surface area contributed by atoms with Crippen molar-refractivity contribution in [2.24, 2.45) is 0 Å². The fraction of sp³-hybridized carbons (Fsp3) is 0. The van der Waals surface area contributed by atoms with Crippen LogP contribution in [0.3, 0.4) is 0 Å². The summed E-state index contributed by atoms with van der Waals surface area (Å²) in [5, 5.41) is 38.7. The monoisotopic (exact) mass is 849 g/mol. The largest absolute Gasteiger partial charge is 0.478 e. The first kappa shape index (κ1) is 39.7. The Labute approximate surface area is 356 Å². The van der Waals surface area contributed by atoms with E-state index in [-0.39, 0.29) is 39.0 Å². The Morgan fingerprint density at radius 3 is 0.705 bits per heavy atom. The van der Waals surface area contributed by atoms with Crippen molar-refractivity contribution in [2.45, 2.75) is 0 Å². The minimum Gasteiger partial charge on any atom is -0.478 e. The third-order valence-electron chi connectivity index (χ3n) is 10.4. The summed E-state index contributed by atoms with van der Waals surface area (Å²) in [5.74, 6) is -4.25. The summed E-state index contributed by atoms with van der Waals surface area (Å²) < 4.78 is 0. The minimum atomic E-state index is -1.06. The number of nitrogens with one attached hydrogen (secondary N) is 2. The quantitative estimate of drug-likeness (QED) is 0.0853. The van der Waals surface area contributed by atoms with Crippen LogP contribution in [0.2, 0.25) is 0 Å². The number of aromatic carboxylic acids is 4. The van der Waals surface area contributed by atoms with Crippen LogP contribution >= 0.6 is 0 Å². The van der Waals surface area contributed by atoms with Crippen LogP contribution in [-0.4, -0.2) is 64.2 Å². The van der Waals surface area contributed by atoms with E-state index in [2.05, 4.69) is 9.97 Å². The average Bonchev–Trinajstić information content (AvgIpc) is 4.10. The number of carboxylic acid groups (broad SMARTS) is 4. The Morgan fingerprint density at radius 2 is 0.525 bits per heavy atom.